The second kappa shape index (κ2) is 10.1. The van der Waals surface area contributed by atoms with Gasteiger partial charge in [0.05, 0.1) is 19.7 Å². The van der Waals surface area contributed by atoms with Crippen molar-refractivity contribution < 1.29 is 14.3 Å². The summed E-state index contributed by atoms with van der Waals surface area (Å²) in [7, 11) is 0. The van der Waals surface area contributed by atoms with Crippen LogP contribution in [0, 0.1) is 5.92 Å². The monoisotopic (exact) mass is 244 g/mol. The minimum Gasteiger partial charge on any atom is -0.465 e. The molecule has 100 valence electrons. The zero-order valence-corrected chi connectivity index (χ0v) is 11.0. The summed E-state index contributed by atoms with van der Waals surface area (Å²) < 4.78 is 4.93. The average Bonchev–Trinajstić information content (AvgIpc) is 2.27. The van der Waals surface area contributed by atoms with E-state index >= 15 is 0 Å². The zero-order valence-electron chi connectivity index (χ0n) is 11.0. The summed E-state index contributed by atoms with van der Waals surface area (Å²) in [4.78, 5) is 22.4. The van der Waals surface area contributed by atoms with Crippen LogP contribution in [-0.4, -0.2) is 38.1 Å². The fourth-order valence-electron chi connectivity index (χ4n) is 1.04. The molecule has 17 heavy (non-hydrogen) atoms. The maximum absolute atomic E-state index is 11.3. The van der Waals surface area contributed by atoms with E-state index in [1.165, 1.54) is 0 Å². The number of carbonyl (C=O) groups is 2. The molecule has 0 aliphatic rings. The highest BCUT2D eigenvalue weighted by molar-refractivity contribution is 5.79. The normalized spacial score (nSPS) is 10.4. The van der Waals surface area contributed by atoms with Crippen LogP contribution in [0.25, 0.3) is 0 Å². The molecule has 0 aromatic heterocycles. The van der Waals surface area contributed by atoms with E-state index in [9.17, 15) is 9.59 Å². The summed E-state index contributed by atoms with van der Waals surface area (Å²) in [6.45, 7) is 7.43. The topological polar surface area (TPSA) is 67.4 Å². The molecule has 1 amide bonds. The van der Waals surface area contributed by atoms with Crippen LogP contribution in [0.5, 0.6) is 0 Å². The van der Waals surface area contributed by atoms with Crippen molar-refractivity contribution in [2.24, 2.45) is 5.92 Å². The highest BCUT2D eigenvalue weighted by Gasteiger charge is 2.05. The number of esters is 1. The summed E-state index contributed by atoms with van der Waals surface area (Å²) in [5.74, 6) is 0.0214. The third kappa shape index (κ3) is 11.2. The average molecular weight is 244 g/mol. The van der Waals surface area contributed by atoms with Gasteiger partial charge in [0.2, 0.25) is 5.91 Å². The maximum Gasteiger partial charge on any atom is 0.319 e. The van der Waals surface area contributed by atoms with E-state index in [4.69, 9.17) is 4.74 Å². The first-order chi connectivity index (χ1) is 8.06. The molecule has 0 radical (unpaired) electrons. The first-order valence-electron chi connectivity index (χ1n) is 6.19. The van der Waals surface area contributed by atoms with Crippen molar-refractivity contribution in [2.75, 3.05) is 26.2 Å². The maximum atomic E-state index is 11.3. The highest BCUT2D eigenvalue weighted by Crippen LogP contribution is 1.88. The van der Waals surface area contributed by atoms with Gasteiger partial charge in [-0.05, 0) is 12.3 Å². The van der Waals surface area contributed by atoms with E-state index in [-0.39, 0.29) is 25.0 Å². The molecule has 0 rings (SSSR count). The van der Waals surface area contributed by atoms with Gasteiger partial charge >= 0.3 is 5.97 Å². The van der Waals surface area contributed by atoms with Crippen LogP contribution in [-0.2, 0) is 14.3 Å². The molecule has 5 heteroatoms. The summed E-state index contributed by atoms with van der Waals surface area (Å²) >= 11 is 0. The number of ether oxygens (including phenoxy) is 1. The van der Waals surface area contributed by atoms with Gasteiger partial charge in [0.25, 0.3) is 0 Å². The Kier molecular flexibility index (Phi) is 9.43. The molecule has 0 bridgehead atoms. The molecule has 0 spiro atoms. The van der Waals surface area contributed by atoms with Crippen LogP contribution in [0.1, 0.15) is 33.6 Å². The highest BCUT2D eigenvalue weighted by atomic mass is 16.5. The number of hydrogen-bond donors (Lipinski definition) is 2. The number of rotatable bonds is 9. The third-order valence-electron chi connectivity index (χ3n) is 2.02. The Hall–Kier alpha value is -1.10. The van der Waals surface area contributed by atoms with Crippen LogP contribution in [0.4, 0.5) is 0 Å². The molecule has 0 unspecified atom stereocenters. The number of hydrogen-bond acceptors (Lipinski definition) is 4. The number of carbonyl (C=O) groups excluding carboxylic acids is 2. The van der Waals surface area contributed by atoms with E-state index in [1.807, 2.05) is 20.8 Å². The Morgan fingerprint density at radius 3 is 2.53 bits per heavy atom. The molecule has 0 aromatic rings. The molecule has 0 aliphatic carbocycles. The molecule has 0 aromatic carbocycles. The first-order valence-corrected chi connectivity index (χ1v) is 6.19. The lowest BCUT2D eigenvalue weighted by Gasteiger charge is -2.08. The molecule has 0 aliphatic heterocycles. The van der Waals surface area contributed by atoms with Crippen LogP contribution in [0.2, 0.25) is 0 Å². The van der Waals surface area contributed by atoms with E-state index in [1.54, 1.807) is 0 Å². The Labute approximate surface area is 103 Å². The van der Waals surface area contributed by atoms with Gasteiger partial charge in [0.1, 0.15) is 0 Å². The van der Waals surface area contributed by atoms with Crippen molar-refractivity contribution in [2.45, 2.75) is 33.6 Å². The number of amides is 1. The van der Waals surface area contributed by atoms with Crippen molar-refractivity contribution in [3.63, 3.8) is 0 Å². The van der Waals surface area contributed by atoms with Crippen LogP contribution in [0.3, 0.4) is 0 Å². The number of unbranched alkanes of at least 4 members (excludes halogenated alkanes) is 1. The predicted molar refractivity (Wildman–Crippen MR) is 66.6 cm³/mol. The summed E-state index contributed by atoms with van der Waals surface area (Å²) in [5, 5.41) is 5.50. The van der Waals surface area contributed by atoms with Crippen molar-refractivity contribution in [1.29, 1.82) is 0 Å². The fourth-order valence-corrected chi connectivity index (χ4v) is 1.04. The van der Waals surface area contributed by atoms with Gasteiger partial charge in [-0.1, -0.05) is 27.2 Å². The van der Waals surface area contributed by atoms with Crippen molar-refractivity contribution in [1.82, 2.24) is 10.6 Å². The molecule has 0 saturated heterocycles. The molecule has 5 nitrogen and oxygen atoms in total. The Morgan fingerprint density at radius 1 is 1.24 bits per heavy atom. The lowest BCUT2D eigenvalue weighted by atomic mass is 10.2. The first kappa shape index (κ1) is 15.9. The lowest BCUT2D eigenvalue weighted by molar-refractivity contribution is -0.142. The molecule has 0 atom stereocenters. The van der Waals surface area contributed by atoms with Crippen molar-refractivity contribution in [3.8, 4) is 0 Å². The second-order valence-corrected chi connectivity index (χ2v) is 4.38. The van der Waals surface area contributed by atoms with E-state index in [2.05, 4.69) is 10.6 Å². The van der Waals surface area contributed by atoms with Gasteiger partial charge < -0.3 is 10.1 Å². The Morgan fingerprint density at radius 2 is 1.94 bits per heavy atom. The Bertz CT molecular complexity index is 230. The quantitative estimate of drug-likeness (QED) is 0.462. The third-order valence-corrected chi connectivity index (χ3v) is 2.02. The summed E-state index contributed by atoms with van der Waals surface area (Å²) in [6.07, 6.45) is 1.87. The van der Waals surface area contributed by atoms with Gasteiger partial charge in [-0.2, -0.15) is 0 Å². The lowest BCUT2D eigenvalue weighted by Crippen LogP contribution is -2.38. The van der Waals surface area contributed by atoms with Crippen LogP contribution >= 0.6 is 0 Å². The van der Waals surface area contributed by atoms with Gasteiger partial charge in [-0.15, -0.1) is 0 Å². The smallest absolute Gasteiger partial charge is 0.319 e. The summed E-state index contributed by atoms with van der Waals surface area (Å²) in [5.41, 5.74) is 0. The number of nitrogens with one attached hydrogen (secondary N) is 2. The minimum absolute atomic E-state index is 0.0822. The van der Waals surface area contributed by atoms with E-state index in [0.29, 0.717) is 19.1 Å². The second-order valence-electron chi connectivity index (χ2n) is 4.38. The summed E-state index contributed by atoms with van der Waals surface area (Å²) in [6, 6.07) is 0. The molecule has 2 N–H and O–H groups in total. The molecular formula is C12H24N2O3. The minimum atomic E-state index is -0.310. The van der Waals surface area contributed by atoms with Gasteiger partial charge in [-0.25, -0.2) is 0 Å². The molecule has 0 heterocycles. The standard InChI is InChI=1S/C12H24N2O3/c1-4-5-6-17-12(16)9-13-8-11(15)14-7-10(2)3/h10,13H,4-9H2,1-3H3,(H,14,15). The molecule has 0 fully saturated rings. The Balaban J connectivity index is 3.42. The van der Waals surface area contributed by atoms with E-state index < -0.39 is 0 Å². The molecular weight excluding hydrogens is 220 g/mol. The van der Waals surface area contributed by atoms with Gasteiger partial charge in [-0.3, -0.25) is 14.9 Å². The van der Waals surface area contributed by atoms with Crippen molar-refractivity contribution in [3.05, 3.63) is 0 Å². The van der Waals surface area contributed by atoms with E-state index in [0.717, 1.165) is 12.8 Å². The SMILES string of the molecule is CCCCOC(=O)CNCC(=O)NCC(C)C. The van der Waals surface area contributed by atoms with Crippen LogP contribution < -0.4 is 10.6 Å². The van der Waals surface area contributed by atoms with Crippen LogP contribution in [0.15, 0.2) is 0 Å². The zero-order chi connectivity index (χ0) is 13.1. The van der Waals surface area contributed by atoms with Crippen molar-refractivity contribution >= 4 is 11.9 Å². The fraction of sp³-hybridized carbons (Fsp3) is 0.833. The molecule has 0 saturated carbocycles. The largest absolute Gasteiger partial charge is 0.465 e. The predicted octanol–water partition coefficient (Wildman–Crippen LogP) is 0.691. The van der Waals surface area contributed by atoms with Gasteiger partial charge in [0, 0.05) is 6.54 Å². The van der Waals surface area contributed by atoms with Gasteiger partial charge in [0.15, 0.2) is 0 Å².